The van der Waals surface area contributed by atoms with Crippen molar-refractivity contribution in [3.8, 4) is 0 Å². The summed E-state index contributed by atoms with van der Waals surface area (Å²) in [7, 11) is -3.52. The van der Waals surface area contributed by atoms with Crippen molar-refractivity contribution in [1.29, 1.82) is 0 Å². The lowest BCUT2D eigenvalue weighted by molar-refractivity contribution is -0.918. The van der Waals surface area contributed by atoms with Gasteiger partial charge in [0.1, 0.15) is 0 Å². The van der Waals surface area contributed by atoms with Crippen molar-refractivity contribution < 1.29 is 18.1 Å². The average Bonchev–Trinajstić information content (AvgIpc) is 2.66. The predicted molar refractivity (Wildman–Crippen MR) is 110 cm³/mol. The van der Waals surface area contributed by atoms with Gasteiger partial charge < -0.3 is 9.80 Å². The number of piperazine rings is 1. The average molecular weight is 429 g/mol. The highest BCUT2D eigenvalue weighted by atomic mass is 35.5. The minimum Gasteiger partial charge on any atom is -0.337 e. The van der Waals surface area contributed by atoms with Crippen molar-refractivity contribution in [1.82, 2.24) is 9.21 Å². The summed E-state index contributed by atoms with van der Waals surface area (Å²) in [6.45, 7) is 10.2. The minimum atomic E-state index is -3.52. The van der Waals surface area contributed by atoms with E-state index in [-0.39, 0.29) is 16.8 Å². The molecule has 1 aromatic rings. The maximum absolute atomic E-state index is 13.0. The summed E-state index contributed by atoms with van der Waals surface area (Å²) in [6.07, 6.45) is 1.17. The number of halogens is 1. The van der Waals surface area contributed by atoms with Gasteiger partial charge in [-0.2, -0.15) is 4.31 Å². The number of nitrogens with zero attached hydrogens (tertiary/aromatic N) is 2. The predicted octanol–water partition coefficient (Wildman–Crippen LogP) is 1.12. The van der Waals surface area contributed by atoms with Crippen LogP contribution in [0.2, 0.25) is 5.02 Å². The van der Waals surface area contributed by atoms with E-state index in [0.29, 0.717) is 43.0 Å². The number of likely N-dealkylation sites (tertiary alicyclic amines) is 1. The number of hydrogen-bond acceptors (Lipinski definition) is 3. The van der Waals surface area contributed by atoms with Crippen molar-refractivity contribution in [3.63, 3.8) is 0 Å². The zero-order valence-electron chi connectivity index (χ0n) is 16.9. The molecule has 3 rings (SSSR count). The Labute approximate surface area is 173 Å². The number of hydrogen-bond donors (Lipinski definition) is 1. The third-order valence-corrected chi connectivity index (χ3v) is 8.14. The fourth-order valence-corrected chi connectivity index (χ4v) is 6.06. The summed E-state index contributed by atoms with van der Waals surface area (Å²) < 4.78 is 27.2. The molecule has 1 N–H and O–H groups in total. The smallest absolute Gasteiger partial charge is 0.280 e. The largest absolute Gasteiger partial charge is 0.337 e. The van der Waals surface area contributed by atoms with Gasteiger partial charge in [0, 0.05) is 18.1 Å². The number of carbonyl (C=O) groups excluding carboxylic acids is 1. The van der Waals surface area contributed by atoms with Gasteiger partial charge in [-0.3, -0.25) is 4.79 Å². The Hall–Kier alpha value is -1.15. The van der Waals surface area contributed by atoms with Crippen molar-refractivity contribution in [2.24, 2.45) is 11.8 Å². The highest BCUT2D eigenvalue weighted by Crippen LogP contribution is 2.21. The SMILES string of the molecule is C[C@H]1C[C@H](C)CN(C(=O)[C@@H](C)[NH+]2CCN(S(=O)(=O)c3ccc(Cl)cc3)CC2)C1. The second kappa shape index (κ2) is 8.69. The summed E-state index contributed by atoms with van der Waals surface area (Å²) in [4.78, 5) is 16.4. The quantitative estimate of drug-likeness (QED) is 0.781. The van der Waals surface area contributed by atoms with E-state index in [4.69, 9.17) is 11.6 Å². The number of benzene rings is 1. The molecule has 0 saturated carbocycles. The summed E-state index contributed by atoms with van der Waals surface area (Å²) in [5.74, 6) is 1.27. The van der Waals surface area contributed by atoms with Crippen LogP contribution in [0, 0.1) is 11.8 Å². The van der Waals surface area contributed by atoms with Crippen LogP contribution in [0.4, 0.5) is 0 Å². The number of sulfonamides is 1. The van der Waals surface area contributed by atoms with Crippen LogP contribution in [0.5, 0.6) is 0 Å². The number of nitrogens with one attached hydrogen (secondary N) is 1. The highest BCUT2D eigenvalue weighted by molar-refractivity contribution is 7.89. The van der Waals surface area contributed by atoms with E-state index in [0.717, 1.165) is 13.1 Å². The summed E-state index contributed by atoms with van der Waals surface area (Å²) in [5.41, 5.74) is 0. The van der Waals surface area contributed by atoms with Crippen LogP contribution in [0.1, 0.15) is 27.2 Å². The van der Waals surface area contributed by atoms with Crippen LogP contribution >= 0.6 is 11.6 Å². The topological polar surface area (TPSA) is 62.1 Å². The van der Waals surface area contributed by atoms with Gasteiger partial charge >= 0.3 is 0 Å². The molecule has 0 aliphatic carbocycles. The van der Waals surface area contributed by atoms with Gasteiger partial charge in [0.15, 0.2) is 6.04 Å². The van der Waals surface area contributed by atoms with E-state index in [2.05, 4.69) is 13.8 Å². The summed E-state index contributed by atoms with van der Waals surface area (Å²) >= 11 is 5.87. The molecule has 2 saturated heterocycles. The molecule has 0 spiro atoms. The molecular weight excluding hydrogens is 398 g/mol. The highest BCUT2D eigenvalue weighted by Gasteiger charge is 2.37. The molecular formula is C20H31ClN3O3S+. The Morgan fingerprint density at radius 1 is 1.11 bits per heavy atom. The molecule has 156 valence electrons. The maximum Gasteiger partial charge on any atom is 0.280 e. The van der Waals surface area contributed by atoms with Gasteiger partial charge in [-0.25, -0.2) is 8.42 Å². The van der Waals surface area contributed by atoms with E-state index in [1.807, 2.05) is 11.8 Å². The van der Waals surface area contributed by atoms with Crippen molar-refractivity contribution in [2.45, 2.75) is 38.1 Å². The zero-order chi connectivity index (χ0) is 20.5. The molecule has 3 atom stereocenters. The Bertz CT molecular complexity index is 781. The first-order chi connectivity index (χ1) is 13.2. The van der Waals surface area contributed by atoms with Crippen LogP contribution in [-0.4, -0.2) is 68.8 Å². The second-order valence-corrected chi connectivity index (χ2v) is 10.8. The van der Waals surface area contributed by atoms with Gasteiger partial charge in [-0.1, -0.05) is 25.4 Å². The van der Waals surface area contributed by atoms with Crippen LogP contribution in [0.3, 0.4) is 0 Å². The molecule has 0 bridgehead atoms. The second-order valence-electron chi connectivity index (χ2n) is 8.43. The first kappa shape index (κ1) is 21.6. The zero-order valence-corrected chi connectivity index (χ0v) is 18.5. The van der Waals surface area contributed by atoms with Crippen molar-refractivity contribution in [2.75, 3.05) is 39.3 Å². The lowest BCUT2D eigenvalue weighted by Crippen LogP contribution is -3.19. The van der Waals surface area contributed by atoms with Crippen molar-refractivity contribution >= 4 is 27.5 Å². The Morgan fingerprint density at radius 3 is 2.18 bits per heavy atom. The lowest BCUT2D eigenvalue weighted by atomic mass is 9.91. The monoisotopic (exact) mass is 428 g/mol. The van der Waals surface area contributed by atoms with E-state index in [1.165, 1.54) is 15.6 Å². The molecule has 1 aromatic carbocycles. The van der Waals surface area contributed by atoms with E-state index in [1.54, 1.807) is 24.3 Å². The van der Waals surface area contributed by atoms with Gasteiger partial charge in [-0.05, 0) is 49.4 Å². The number of quaternary nitrogens is 1. The molecule has 2 fully saturated rings. The molecule has 0 radical (unpaired) electrons. The number of amides is 1. The third-order valence-electron chi connectivity index (χ3n) is 5.98. The van der Waals surface area contributed by atoms with Gasteiger partial charge in [0.05, 0.1) is 31.1 Å². The number of rotatable bonds is 4. The Kier molecular flexibility index (Phi) is 6.69. The molecule has 6 nitrogen and oxygen atoms in total. The molecule has 2 heterocycles. The molecule has 0 unspecified atom stereocenters. The van der Waals surface area contributed by atoms with Gasteiger partial charge in [0.2, 0.25) is 10.0 Å². The first-order valence-corrected chi connectivity index (χ1v) is 11.9. The fourth-order valence-electron chi connectivity index (χ4n) is 4.49. The van der Waals surface area contributed by atoms with E-state index < -0.39 is 10.0 Å². The molecule has 2 aliphatic heterocycles. The summed E-state index contributed by atoms with van der Waals surface area (Å²) in [5, 5.41) is 0.516. The van der Waals surface area contributed by atoms with Crippen LogP contribution in [0.15, 0.2) is 29.2 Å². The Morgan fingerprint density at radius 2 is 1.64 bits per heavy atom. The lowest BCUT2D eigenvalue weighted by Gasteiger charge is -2.39. The first-order valence-electron chi connectivity index (χ1n) is 10.1. The molecule has 0 aromatic heterocycles. The molecule has 28 heavy (non-hydrogen) atoms. The third kappa shape index (κ3) is 4.70. The fraction of sp³-hybridized carbons (Fsp3) is 0.650. The molecule has 2 aliphatic rings. The minimum absolute atomic E-state index is 0.141. The molecule has 1 amide bonds. The number of carbonyl (C=O) groups is 1. The van der Waals surface area contributed by atoms with Crippen molar-refractivity contribution in [3.05, 3.63) is 29.3 Å². The number of piperidine rings is 1. The van der Waals surface area contributed by atoms with Gasteiger partial charge in [0.25, 0.3) is 5.91 Å². The van der Waals surface area contributed by atoms with Crippen LogP contribution in [0.25, 0.3) is 0 Å². The standard InChI is InChI=1S/C20H30ClN3O3S/c1-15-12-16(2)14-23(13-15)20(25)17(3)22-8-10-24(11-9-22)28(26,27)19-6-4-18(21)5-7-19/h4-7,15-17H,8-14H2,1-3H3/p+1/t15-,16-,17+/m0/s1. The van der Waals surface area contributed by atoms with Crippen LogP contribution < -0.4 is 4.90 Å². The van der Waals surface area contributed by atoms with Crippen LogP contribution in [-0.2, 0) is 14.8 Å². The van der Waals surface area contributed by atoms with Gasteiger partial charge in [-0.15, -0.1) is 0 Å². The normalized spacial score (nSPS) is 26.2. The van der Waals surface area contributed by atoms with E-state index in [9.17, 15) is 13.2 Å². The maximum atomic E-state index is 13.0. The Balaban J connectivity index is 1.60. The molecule has 8 heteroatoms. The van der Waals surface area contributed by atoms with E-state index >= 15 is 0 Å². The summed E-state index contributed by atoms with van der Waals surface area (Å²) in [6, 6.07) is 6.13.